The zero-order valence-electron chi connectivity index (χ0n) is 11.7. The Hall–Kier alpha value is -1.39. The van der Waals surface area contributed by atoms with E-state index >= 15 is 0 Å². The van der Waals surface area contributed by atoms with E-state index in [9.17, 15) is 9.90 Å². The molecule has 1 rings (SSSR count). The monoisotopic (exact) mass is 265 g/mol. The Morgan fingerprint density at radius 2 is 2.16 bits per heavy atom. The highest BCUT2D eigenvalue weighted by atomic mass is 16.5. The number of aliphatic hydroxyl groups excluding tert-OH is 1. The molecule has 0 radical (unpaired) electrons. The maximum absolute atomic E-state index is 10.9. The van der Waals surface area contributed by atoms with E-state index in [1.807, 2.05) is 12.1 Å². The molecule has 0 saturated carbocycles. The summed E-state index contributed by atoms with van der Waals surface area (Å²) >= 11 is 0. The number of aliphatic hydroxyl groups is 1. The van der Waals surface area contributed by atoms with Crippen molar-refractivity contribution in [1.29, 1.82) is 0 Å². The minimum Gasteiger partial charge on any atom is -0.469 e. The topological polar surface area (TPSA) is 58.6 Å². The first-order valence-corrected chi connectivity index (χ1v) is 6.63. The summed E-state index contributed by atoms with van der Waals surface area (Å²) in [6.07, 6.45) is 1.13. The van der Waals surface area contributed by atoms with Crippen molar-refractivity contribution in [3.05, 3.63) is 35.4 Å². The zero-order chi connectivity index (χ0) is 14.1. The number of carbonyl (C=O) groups is 1. The van der Waals surface area contributed by atoms with Crippen LogP contribution in [0.3, 0.4) is 0 Å². The maximum atomic E-state index is 10.9. The number of nitrogens with one attached hydrogen (secondary N) is 1. The first-order valence-electron chi connectivity index (χ1n) is 6.63. The van der Waals surface area contributed by atoms with Crippen LogP contribution in [0.25, 0.3) is 0 Å². The molecule has 19 heavy (non-hydrogen) atoms. The quantitative estimate of drug-likeness (QED) is 0.551. The van der Waals surface area contributed by atoms with E-state index in [-0.39, 0.29) is 12.4 Å². The largest absolute Gasteiger partial charge is 0.469 e. The number of esters is 1. The molecular formula is C15H23NO3. The highest BCUT2D eigenvalue weighted by Crippen LogP contribution is 2.06. The molecule has 0 bridgehead atoms. The number of rotatable bonds is 8. The molecule has 0 saturated heterocycles. The normalized spacial score (nSPS) is 12.2. The summed E-state index contributed by atoms with van der Waals surface area (Å²) in [7, 11) is 1.36. The molecule has 1 unspecified atom stereocenters. The van der Waals surface area contributed by atoms with Crippen LogP contribution < -0.4 is 5.32 Å². The van der Waals surface area contributed by atoms with Crippen molar-refractivity contribution in [2.75, 3.05) is 20.2 Å². The molecule has 4 nitrogen and oxygen atoms in total. The number of aryl methyl sites for hydroxylation is 1. The number of hydrogen-bond donors (Lipinski definition) is 2. The van der Waals surface area contributed by atoms with Crippen LogP contribution in [0.2, 0.25) is 0 Å². The van der Waals surface area contributed by atoms with Crippen molar-refractivity contribution < 1.29 is 14.6 Å². The average Bonchev–Trinajstić information content (AvgIpc) is 2.42. The van der Waals surface area contributed by atoms with Gasteiger partial charge in [-0.2, -0.15) is 0 Å². The lowest BCUT2D eigenvalue weighted by Gasteiger charge is -2.11. The molecule has 1 aromatic carbocycles. The van der Waals surface area contributed by atoms with Gasteiger partial charge in [0.2, 0.25) is 0 Å². The molecule has 4 heteroatoms. The van der Waals surface area contributed by atoms with E-state index in [0.29, 0.717) is 13.0 Å². The van der Waals surface area contributed by atoms with Gasteiger partial charge < -0.3 is 15.2 Å². The predicted molar refractivity (Wildman–Crippen MR) is 75.0 cm³/mol. The standard InChI is InChI=1S/C15H23NO3/c1-12-5-3-4-6-13(12)9-10-16-11-14(17)7-8-15(18)19-2/h3-6,14,16-17H,7-11H2,1-2H3. The molecule has 0 amide bonds. The average molecular weight is 265 g/mol. The highest BCUT2D eigenvalue weighted by Gasteiger charge is 2.07. The highest BCUT2D eigenvalue weighted by molar-refractivity contribution is 5.69. The molecule has 0 aromatic heterocycles. The lowest BCUT2D eigenvalue weighted by atomic mass is 10.1. The summed E-state index contributed by atoms with van der Waals surface area (Å²) < 4.78 is 4.53. The lowest BCUT2D eigenvalue weighted by Crippen LogP contribution is -2.29. The van der Waals surface area contributed by atoms with Crippen molar-refractivity contribution in [3.63, 3.8) is 0 Å². The fourth-order valence-electron chi connectivity index (χ4n) is 1.87. The van der Waals surface area contributed by atoms with Crippen molar-refractivity contribution >= 4 is 5.97 Å². The van der Waals surface area contributed by atoms with E-state index in [2.05, 4.69) is 29.1 Å². The molecule has 0 aliphatic carbocycles. The Morgan fingerprint density at radius 1 is 1.42 bits per heavy atom. The minimum atomic E-state index is -0.504. The lowest BCUT2D eigenvalue weighted by molar-refractivity contribution is -0.141. The summed E-state index contributed by atoms with van der Waals surface area (Å²) in [5.74, 6) is -0.279. The van der Waals surface area contributed by atoms with Crippen molar-refractivity contribution in [3.8, 4) is 0 Å². The predicted octanol–water partition coefficient (Wildman–Crippen LogP) is 1.44. The van der Waals surface area contributed by atoms with Crippen LogP contribution in [-0.2, 0) is 16.0 Å². The molecule has 0 aliphatic heterocycles. The van der Waals surface area contributed by atoms with Gasteiger partial charge in [0.1, 0.15) is 0 Å². The van der Waals surface area contributed by atoms with Gasteiger partial charge in [0.25, 0.3) is 0 Å². The second kappa shape index (κ2) is 8.67. The fraction of sp³-hybridized carbons (Fsp3) is 0.533. The summed E-state index contributed by atoms with van der Waals surface area (Å²) in [5.41, 5.74) is 2.61. The van der Waals surface area contributed by atoms with Crippen LogP contribution in [0.15, 0.2) is 24.3 Å². The van der Waals surface area contributed by atoms with Crippen LogP contribution in [0.5, 0.6) is 0 Å². The zero-order valence-corrected chi connectivity index (χ0v) is 11.7. The van der Waals surface area contributed by atoms with Gasteiger partial charge in [0, 0.05) is 13.0 Å². The van der Waals surface area contributed by atoms with Gasteiger partial charge in [-0.1, -0.05) is 24.3 Å². The van der Waals surface area contributed by atoms with Crippen LogP contribution in [0, 0.1) is 6.92 Å². The van der Waals surface area contributed by atoms with Crippen molar-refractivity contribution in [2.45, 2.75) is 32.3 Å². The first-order chi connectivity index (χ1) is 9.13. The van der Waals surface area contributed by atoms with Gasteiger partial charge in [0.05, 0.1) is 13.2 Å². The van der Waals surface area contributed by atoms with Gasteiger partial charge in [-0.25, -0.2) is 0 Å². The van der Waals surface area contributed by atoms with Crippen molar-refractivity contribution in [1.82, 2.24) is 5.32 Å². The minimum absolute atomic E-state index is 0.261. The fourth-order valence-corrected chi connectivity index (χ4v) is 1.87. The molecule has 1 atom stereocenters. The molecule has 0 aliphatic rings. The van der Waals surface area contributed by atoms with Crippen LogP contribution >= 0.6 is 0 Å². The molecule has 1 aromatic rings. The van der Waals surface area contributed by atoms with Gasteiger partial charge in [-0.15, -0.1) is 0 Å². The summed E-state index contributed by atoms with van der Waals surface area (Å²) in [6, 6.07) is 8.28. The van der Waals surface area contributed by atoms with Crippen molar-refractivity contribution in [2.24, 2.45) is 0 Å². The third-order valence-corrected chi connectivity index (χ3v) is 3.12. The SMILES string of the molecule is COC(=O)CCC(O)CNCCc1ccccc1C. The second-order valence-electron chi connectivity index (χ2n) is 4.65. The molecule has 0 fully saturated rings. The second-order valence-corrected chi connectivity index (χ2v) is 4.65. The third-order valence-electron chi connectivity index (χ3n) is 3.12. The Bertz CT molecular complexity index is 393. The van der Waals surface area contributed by atoms with Crippen LogP contribution in [0.1, 0.15) is 24.0 Å². The maximum Gasteiger partial charge on any atom is 0.305 e. The van der Waals surface area contributed by atoms with E-state index in [0.717, 1.165) is 13.0 Å². The number of benzene rings is 1. The van der Waals surface area contributed by atoms with Gasteiger partial charge in [-0.3, -0.25) is 4.79 Å². The molecule has 0 spiro atoms. The summed E-state index contributed by atoms with van der Waals surface area (Å²) in [4.78, 5) is 10.9. The smallest absolute Gasteiger partial charge is 0.305 e. The number of methoxy groups -OCH3 is 1. The van der Waals surface area contributed by atoms with Gasteiger partial charge >= 0.3 is 5.97 Å². The third kappa shape index (κ3) is 6.36. The van der Waals surface area contributed by atoms with E-state index in [1.54, 1.807) is 0 Å². The van der Waals surface area contributed by atoms with Crippen LogP contribution in [0.4, 0.5) is 0 Å². The Morgan fingerprint density at radius 3 is 2.84 bits per heavy atom. The van der Waals surface area contributed by atoms with Crippen LogP contribution in [-0.4, -0.2) is 37.4 Å². The Balaban J connectivity index is 2.14. The Labute approximate surface area is 114 Å². The number of hydrogen-bond acceptors (Lipinski definition) is 4. The number of ether oxygens (including phenoxy) is 1. The first kappa shape index (κ1) is 15.7. The number of carbonyl (C=O) groups excluding carboxylic acids is 1. The molecule has 0 heterocycles. The van der Waals surface area contributed by atoms with E-state index in [1.165, 1.54) is 18.2 Å². The Kier molecular flexibility index (Phi) is 7.15. The van der Waals surface area contributed by atoms with Gasteiger partial charge in [-0.05, 0) is 37.4 Å². The van der Waals surface area contributed by atoms with Gasteiger partial charge in [0.15, 0.2) is 0 Å². The summed E-state index contributed by atoms with van der Waals surface area (Å²) in [6.45, 7) is 3.42. The van der Waals surface area contributed by atoms with E-state index < -0.39 is 6.10 Å². The summed E-state index contributed by atoms with van der Waals surface area (Å²) in [5, 5.41) is 12.9. The molecular weight excluding hydrogens is 242 g/mol. The van der Waals surface area contributed by atoms with E-state index in [4.69, 9.17) is 0 Å². The molecule has 2 N–H and O–H groups in total. The molecule has 106 valence electrons.